The van der Waals surface area contributed by atoms with Gasteiger partial charge in [0.15, 0.2) is 0 Å². The van der Waals surface area contributed by atoms with E-state index in [4.69, 9.17) is 0 Å². The van der Waals surface area contributed by atoms with E-state index in [0.29, 0.717) is 5.92 Å². The third-order valence-corrected chi connectivity index (χ3v) is 6.92. The maximum absolute atomic E-state index is 2.58. The van der Waals surface area contributed by atoms with Crippen molar-refractivity contribution in [3.63, 3.8) is 0 Å². The Morgan fingerprint density at radius 2 is 0.812 bits per heavy atom. The van der Waals surface area contributed by atoms with Crippen LogP contribution in [-0.2, 0) is 38.5 Å². The number of aryl methyl sites for hydroxylation is 4. The standard InChI is InChI=1S/C32H50/c1-8-14-25-20-27(16-10-3)29(18-12-5)31(22-25)24(7)32-23-26(15-9-2)21-28(17-11-4)30(32)19-13-6/h20-24H,8-19H2,1-7H3. The van der Waals surface area contributed by atoms with Crippen molar-refractivity contribution in [2.75, 3.05) is 0 Å². The molecule has 178 valence electrons. The molecule has 0 aromatic heterocycles. The van der Waals surface area contributed by atoms with Gasteiger partial charge >= 0.3 is 0 Å². The van der Waals surface area contributed by atoms with Crippen LogP contribution in [0.3, 0.4) is 0 Å². The fourth-order valence-electron chi connectivity index (χ4n) is 5.55. The van der Waals surface area contributed by atoms with Crippen molar-refractivity contribution in [2.24, 2.45) is 0 Å². The molecule has 0 aliphatic rings. The van der Waals surface area contributed by atoms with Gasteiger partial charge in [-0.15, -0.1) is 0 Å². The maximum atomic E-state index is 2.58. The molecule has 0 nitrogen and oxygen atoms in total. The second-order valence-electron chi connectivity index (χ2n) is 9.87. The maximum Gasteiger partial charge on any atom is 0.00668 e. The molecule has 0 radical (unpaired) electrons. The summed E-state index contributed by atoms with van der Waals surface area (Å²) in [6, 6.07) is 10.2. The molecule has 0 fully saturated rings. The van der Waals surface area contributed by atoms with Crippen LogP contribution in [0, 0.1) is 0 Å². The van der Waals surface area contributed by atoms with Gasteiger partial charge in [-0.25, -0.2) is 0 Å². The first-order chi connectivity index (χ1) is 15.5. The minimum absolute atomic E-state index is 0.470. The highest BCUT2D eigenvalue weighted by atomic mass is 14.3. The average molecular weight is 435 g/mol. The fourth-order valence-corrected chi connectivity index (χ4v) is 5.55. The Morgan fingerprint density at radius 3 is 1.12 bits per heavy atom. The van der Waals surface area contributed by atoms with Crippen LogP contribution >= 0.6 is 0 Å². The lowest BCUT2D eigenvalue weighted by Crippen LogP contribution is -2.11. The summed E-state index contributed by atoms with van der Waals surface area (Å²) in [4.78, 5) is 0. The van der Waals surface area contributed by atoms with Gasteiger partial charge in [0, 0.05) is 5.92 Å². The van der Waals surface area contributed by atoms with E-state index < -0.39 is 0 Å². The molecule has 0 atom stereocenters. The molecule has 32 heavy (non-hydrogen) atoms. The van der Waals surface area contributed by atoms with Crippen molar-refractivity contribution in [1.82, 2.24) is 0 Å². The van der Waals surface area contributed by atoms with E-state index in [1.807, 2.05) is 0 Å². The Bertz CT molecular complexity index is 757. The van der Waals surface area contributed by atoms with E-state index in [2.05, 4.69) is 72.7 Å². The highest BCUT2D eigenvalue weighted by Gasteiger charge is 2.21. The van der Waals surface area contributed by atoms with Crippen LogP contribution in [0.1, 0.15) is 137 Å². The Kier molecular flexibility index (Phi) is 11.6. The predicted octanol–water partition coefficient (Wildman–Crippen LogP) is 9.55. The number of hydrogen-bond acceptors (Lipinski definition) is 0. The summed E-state index contributed by atoms with van der Waals surface area (Å²) >= 11 is 0. The molecule has 0 aliphatic carbocycles. The first-order valence-corrected chi connectivity index (χ1v) is 13.8. The van der Waals surface area contributed by atoms with Crippen molar-refractivity contribution in [3.8, 4) is 0 Å². The molecule has 2 aromatic carbocycles. The van der Waals surface area contributed by atoms with Crippen LogP contribution in [0.4, 0.5) is 0 Å². The van der Waals surface area contributed by atoms with Crippen molar-refractivity contribution in [3.05, 3.63) is 68.8 Å². The van der Waals surface area contributed by atoms with Crippen LogP contribution in [0.25, 0.3) is 0 Å². The lowest BCUT2D eigenvalue weighted by Gasteiger charge is -2.26. The molecule has 0 amide bonds. The fraction of sp³-hybridized carbons (Fsp3) is 0.625. The zero-order valence-electron chi connectivity index (χ0n) is 22.4. The molecular formula is C32H50. The molecule has 0 saturated carbocycles. The van der Waals surface area contributed by atoms with E-state index >= 15 is 0 Å². The summed E-state index contributed by atoms with van der Waals surface area (Å²) in [7, 11) is 0. The summed E-state index contributed by atoms with van der Waals surface area (Å²) in [5.74, 6) is 0.470. The van der Waals surface area contributed by atoms with E-state index in [1.165, 1.54) is 77.0 Å². The van der Waals surface area contributed by atoms with Gasteiger partial charge in [-0.3, -0.25) is 0 Å². The second kappa shape index (κ2) is 13.9. The number of hydrogen-bond donors (Lipinski definition) is 0. The quantitative estimate of drug-likeness (QED) is 0.277. The minimum Gasteiger partial charge on any atom is -0.0651 e. The van der Waals surface area contributed by atoms with Gasteiger partial charge in [-0.05, 0) is 83.0 Å². The molecule has 0 aliphatic heterocycles. The van der Waals surface area contributed by atoms with Crippen molar-refractivity contribution >= 4 is 0 Å². The van der Waals surface area contributed by atoms with Gasteiger partial charge in [0.1, 0.15) is 0 Å². The smallest absolute Gasteiger partial charge is 0.00668 e. The van der Waals surface area contributed by atoms with Crippen LogP contribution in [-0.4, -0.2) is 0 Å². The van der Waals surface area contributed by atoms with Crippen molar-refractivity contribution in [2.45, 2.75) is 131 Å². The van der Waals surface area contributed by atoms with E-state index in [-0.39, 0.29) is 0 Å². The summed E-state index contributed by atoms with van der Waals surface area (Å²) in [6.07, 6.45) is 14.6. The van der Waals surface area contributed by atoms with Gasteiger partial charge in [0.25, 0.3) is 0 Å². The van der Waals surface area contributed by atoms with Crippen molar-refractivity contribution in [1.29, 1.82) is 0 Å². The molecule has 2 rings (SSSR count). The molecule has 0 heteroatoms. The Balaban J connectivity index is 2.74. The Morgan fingerprint density at radius 1 is 0.469 bits per heavy atom. The first kappa shape index (κ1) is 26.7. The zero-order chi connectivity index (χ0) is 23.5. The highest BCUT2D eigenvalue weighted by molar-refractivity contribution is 5.50. The molecule has 0 saturated heterocycles. The number of rotatable bonds is 14. The zero-order valence-corrected chi connectivity index (χ0v) is 22.4. The van der Waals surface area contributed by atoms with Crippen LogP contribution < -0.4 is 0 Å². The van der Waals surface area contributed by atoms with Gasteiger partial charge in [-0.2, -0.15) is 0 Å². The lowest BCUT2D eigenvalue weighted by atomic mass is 9.79. The second-order valence-corrected chi connectivity index (χ2v) is 9.87. The van der Waals surface area contributed by atoms with Crippen LogP contribution in [0.5, 0.6) is 0 Å². The topological polar surface area (TPSA) is 0 Å². The summed E-state index contributed by atoms with van der Waals surface area (Å²) in [6.45, 7) is 16.5. The van der Waals surface area contributed by atoms with Crippen LogP contribution in [0.15, 0.2) is 24.3 Å². The average Bonchev–Trinajstić information content (AvgIpc) is 2.77. The third kappa shape index (κ3) is 6.72. The van der Waals surface area contributed by atoms with E-state index in [1.54, 1.807) is 44.5 Å². The molecule has 0 bridgehead atoms. The van der Waals surface area contributed by atoms with Gasteiger partial charge in [0.05, 0.1) is 0 Å². The molecule has 0 unspecified atom stereocenters. The first-order valence-electron chi connectivity index (χ1n) is 13.8. The van der Waals surface area contributed by atoms with Crippen LogP contribution in [0.2, 0.25) is 0 Å². The SMILES string of the molecule is CCCc1cc(CCC)c(CCC)c(C(C)c2cc(CCC)cc(CCC)c2CCC)c1. The van der Waals surface area contributed by atoms with E-state index in [9.17, 15) is 0 Å². The summed E-state index contributed by atoms with van der Waals surface area (Å²) < 4.78 is 0. The Hall–Kier alpha value is -1.56. The van der Waals surface area contributed by atoms with Crippen molar-refractivity contribution < 1.29 is 0 Å². The van der Waals surface area contributed by atoms with Gasteiger partial charge in [-0.1, -0.05) is 111 Å². The van der Waals surface area contributed by atoms with Gasteiger partial charge < -0.3 is 0 Å². The third-order valence-electron chi connectivity index (χ3n) is 6.92. The van der Waals surface area contributed by atoms with Gasteiger partial charge in [0.2, 0.25) is 0 Å². The number of benzene rings is 2. The minimum atomic E-state index is 0.470. The summed E-state index contributed by atoms with van der Waals surface area (Å²) in [5, 5.41) is 0. The highest BCUT2D eigenvalue weighted by Crippen LogP contribution is 2.36. The molecule has 0 N–H and O–H groups in total. The predicted molar refractivity (Wildman–Crippen MR) is 144 cm³/mol. The molecular weight excluding hydrogens is 384 g/mol. The largest absolute Gasteiger partial charge is 0.0651 e. The summed E-state index contributed by atoms with van der Waals surface area (Å²) in [5.41, 5.74) is 12.9. The molecule has 0 spiro atoms. The molecule has 2 aromatic rings. The monoisotopic (exact) mass is 434 g/mol. The normalized spacial score (nSPS) is 11.5. The molecule has 0 heterocycles. The van der Waals surface area contributed by atoms with E-state index in [0.717, 1.165) is 0 Å². The lowest BCUT2D eigenvalue weighted by molar-refractivity contribution is 0.781. The Labute approximate surface area is 200 Å².